The van der Waals surface area contributed by atoms with Gasteiger partial charge in [0, 0.05) is 16.8 Å². The molecule has 1 aliphatic rings. The monoisotopic (exact) mass is 231 g/mol. The van der Waals surface area contributed by atoms with Gasteiger partial charge in [-0.3, -0.25) is 0 Å². The van der Waals surface area contributed by atoms with Gasteiger partial charge in [0.25, 0.3) is 0 Å². The van der Waals surface area contributed by atoms with Crippen molar-refractivity contribution in [1.29, 1.82) is 0 Å². The molecule has 3 rings (SSSR count). The quantitative estimate of drug-likeness (QED) is 0.672. The number of nitrogens with zero attached hydrogens (tertiary/aromatic N) is 1. The zero-order valence-electron chi connectivity index (χ0n) is 8.77. The highest BCUT2D eigenvalue weighted by Gasteiger charge is 2.20. The summed E-state index contributed by atoms with van der Waals surface area (Å²) < 4.78 is 13.2. The number of halogens is 1. The van der Waals surface area contributed by atoms with Crippen LogP contribution in [0.3, 0.4) is 0 Å². The van der Waals surface area contributed by atoms with E-state index in [1.54, 1.807) is 17.8 Å². The number of hydrogen-bond donors (Lipinski definition) is 0. The molecule has 16 heavy (non-hydrogen) atoms. The lowest BCUT2D eigenvalue weighted by Crippen LogP contribution is -2.14. The molecule has 0 fully saturated rings. The molecule has 0 atom stereocenters. The molecule has 3 heteroatoms. The highest BCUT2D eigenvalue weighted by atomic mass is 32.2. The molecule has 80 valence electrons. The van der Waals surface area contributed by atoms with Gasteiger partial charge < -0.3 is 4.90 Å². The molecule has 2 aromatic carbocycles. The third-order valence-electron chi connectivity index (χ3n) is 2.73. The average molecular weight is 231 g/mol. The predicted octanol–water partition coefficient (Wildman–Crippen LogP) is 4.06. The van der Waals surface area contributed by atoms with E-state index in [0.29, 0.717) is 0 Å². The molecule has 0 unspecified atom stereocenters. The van der Waals surface area contributed by atoms with E-state index < -0.39 is 0 Å². The first kappa shape index (κ1) is 9.73. The first-order valence-corrected chi connectivity index (χ1v) is 5.87. The predicted molar refractivity (Wildman–Crippen MR) is 65.0 cm³/mol. The van der Waals surface area contributed by atoms with Crippen molar-refractivity contribution in [2.75, 3.05) is 11.9 Å². The minimum atomic E-state index is -0.181. The Hall–Kier alpha value is -1.48. The standard InChI is InChI=1S/C13H10FNS/c1-15-10-4-2-3-5-12(10)16-13-8-9(14)6-7-11(13)15/h2-8H,1H3. The van der Waals surface area contributed by atoms with Gasteiger partial charge in [0.1, 0.15) is 5.82 Å². The van der Waals surface area contributed by atoms with Gasteiger partial charge in [-0.1, -0.05) is 23.9 Å². The lowest BCUT2D eigenvalue weighted by atomic mass is 10.2. The van der Waals surface area contributed by atoms with Crippen LogP contribution in [-0.4, -0.2) is 7.05 Å². The van der Waals surface area contributed by atoms with Crippen molar-refractivity contribution in [2.45, 2.75) is 9.79 Å². The van der Waals surface area contributed by atoms with E-state index in [4.69, 9.17) is 0 Å². The van der Waals surface area contributed by atoms with E-state index in [9.17, 15) is 4.39 Å². The van der Waals surface area contributed by atoms with Crippen LogP contribution in [0.25, 0.3) is 0 Å². The lowest BCUT2D eigenvalue weighted by Gasteiger charge is -2.29. The van der Waals surface area contributed by atoms with Gasteiger partial charge >= 0.3 is 0 Å². The van der Waals surface area contributed by atoms with Gasteiger partial charge in [0.05, 0.1) is 11.4 Å². The fraction of sp³-hybridized carbons (Fsp3) is 0.0769. The third kappa shape index (κ3) is 1.39. The number of fused-ring (bicyclic) bond motifs is 2. The summed E-state index contributed by atoms with van der Waals surface area (Å²) in [6, 6.07) is 13.1. The molecule has 0 amide bonds. The number of anilines is 2. The van der Waals surface area contributed by atoms with Gasteiger partial charge in [0.15, 0.2) is 0 Å². The summed E-state index contributed by atoms with van der Waals surface area (Å²) in [6.45, 7) is 0. The fourth-order valence-electron chi connectivity index (χ4n) is 1.92. The van der Waals surface area contributed by atoms with E-state index >= 15 is 0 Å². The summed E-state index contributed by atoms with van der Waals surface area (Å²) in [5.41, 5.74) is 2.23. The summed E-state index contributed by atoms with van der Waals surface area (Å²) in [5.74, 6) is -0.181. The van der Waals surface area contributed by atoms with Gasteiger partial charge in [-0.15, -0.1) is 0 Å². The molecule has 0 radical (unpaired) electrons. The molecule has 0 saturated heterocycles. The largest absolute Gasteiger partial charge is 0.343 e. The summed E-state index contributed by atoms with van der Waals surface area (Å²) in [5, 5.41) is 0. The Bertz CT molecular complexity index is 553. The highest BCUT2D eigenvalue weighted by molar-refractivity contribution is 7.99. The second kappa shape index (κ2) is 3.52. The normalized spacial score (nSPS) is 13.2. The van der Waals surface area contributed by atoms with Gasteiger partial charge in [-0.05, 0) is 30.3 Å². The summed E-state index contributed by atoms with van der Waals surface area (Å²) in [7, 11) is 2.01. The minimum Gasteiger partial charge on any atom is -0.343 e. The second-order valence-corrected chi connectivity index (χ2v) is 4.82. The van der Waals surface area contributed by atoms with Crippen LogP contribution in [-0.2, 0) is 0 Å². The molecule has 0 aromatic heterocycles. The summed E-state index contributed by atoms with van der Waals surface area (Å²) in [4.78, 5) is 4.24. The number of rotatable bonds is 0. The van der Waals surface area contributed by atoms with Crippen molar-refractivity contribution < 1.29 is 4.39 Å². The van der Waals surface area contributed by atoms with Crippen LogP contribution >= 0.6 is 11.8 Å². The average Bonchev–Trinajstić information content (AvgIpc) is 2.29. The first-order valence-electron chi connectivity index (χ1n) is 5.06. The highest BCUT2D eigenvalue weighted by Crippen LogP contribution is 2.47. The van der Waals surface area contributed by atoms with Crippen LogP contribution in [0.15, 0.2) is 52.3 Å². The molecule has 0 spiro atoms. The Kier molecular flexibility index (Phi) is 2.14. The van der Waals surface area contributed by atoms with Crippen LogP contribution in [0.5, 0.6) is 0 Å². The Balaban J connectivity index is 2.18. The topological polar surface area (TPSA) is 3.24 Å². The van der Waals surface area contributed by atoms with Crippen LogP contribution in [0, 0.1) is 5.82 Å². The van der Waals surface area contributed by atoms with Crippen molar-refractivity contribution in [1.82, 2.24) is 0 Å². The molecule has 0 N–H and O–H groups in total. The molecule has 1 heterocycles. The van der Waals surface area contributed by atoms with E-state index in [1.165, 1.54) is 16.6 Å². The van der Waals surface area contributed by atoms with Crippen molar-refractivity contribution in [3.8, 4) is 0 Å². The van der Waals surface area contributed by atoms with Crippen LogP contribution < -0.4 is 4.90 Å². The molecule has 1 aliphatic heterocycles. The lowest BCUT2D eigenvalue weighted by molar-refractivity contribution is 0.624. The molecule has 0 aliphatic carbocycles. The maximum absolute atomic E-state index is 13.2. The van der Waals surface area contributed by atoms with Crippen LogP contribution in [0.4, 0.5) is 15.8 Å². The van der Waals surface area contributed by atoms with Gasteiger partial charge in [0.2, 0.25) is 0 Å². The van der Waals surface area contributed by atoms with E-state index in [2.05, 4.69) is 17.0 Å². The Morgan fingerprint density at radius 1 is 1.00 bits per heavy atom. The van der Waals surface area contributed by atoms with Crippen molar-refractivity contribution in [2.24, 2.45) is 0 Å². The second-order valence-electron chi connectivity index (χ2n) is 3.74. The summed E-state index contributed by atoms with van der Waals surface area (Å²) >= 11 is 1.62. The SMILES string of the molecule is CN1c2ccccc2Sc2cc(F)ccc21. The van der Waals surface area contributed by atoms with E-state index in [0.717, 1.165) is 10.6 Å². The van der Waals surface area contributed by atoms with Crippen LogP contribution in [0.1, 0.15) is 0 Å². The minimum absolute atomic E-state index is 0.181. The molecular weight excluding hydrogens is 221 g/mol. The maximum Gasteiger partial charge on any atom is 0.124 e. The number of hydrogen-bond acceptors (Lipinski definition) is 2. The first-order chi connectivity index (χ1) is 7.75. The number of para-hydroxylation sites is 1. The Morgan fingerprint density at radius 2 is 1.75 bits per heavy atom. The maximum atomic E-state index is 13.2. The zero-order chi connectivity index (χ0) is 11.1. The van der Waals surface area contributed by atoms with E-state index in [1.807, 2.05) is 25.2 Å². The van der Waals surface area contributed by atoms with Crippen molar-refractivity contribution in [3.05, 3.63) is 48.3 Å². The van der Waals surface area contributed by atoms with Crippen LogP contribution in [0.2, 0.25) is 0 Å². The molecular formula is C13H10FNS. The molecule has 2 aromatic rings. The Morgan fingerprint density at radius 3 is 2.62 bits per heavy atom. The van der Waals surface area contributed by atoms with Crippen molar-refractivity contribution >= 4 is 23.1 Å². The molecule has 0 saturated carbocycles. The van der Waals surface area contributed by atoms with E-state index in [-0.39, 0.29) is 5.82 Å². The molecule has 0 bridgehead atoms. The van der Waals surface area contributed by atoms with Gasteiger partial charge in [-0.25, -0.2) is 4.39 Å². The number of benzene rings is 2. The third-order valence-corrected chi connectivity index (χ3v) is 3.84. The molecule has 1 nitrogen and oxygen atoms in total. The fourth-order valence-corrected chi connectivity index (χ4v) is 3.09. The Labute approximate surface area is 97.9 Å². The smallest absolute Gasteiger partial charge is 0.124 e. The zero-order valence-corrected chi connectivity index (χ0v) is 9.59. The van der Waals surface area contributed by atoms with Crippen molar-refractivity contribution in [3.63, 3.8) is 0 Å². The van der Waals surface area contributed by atoms with Gasteiger partial charge in [-0.2, -0.15) is 0 Å². The summed E-state index contributed by atoms with van der Waals surface area (Å²) in [6.07, 6.45) is 0.